The monoisotopic (exact) mass is 265 g/mol. The van der Waals surface area contributed by atoms with Crippen LogP contribution in [0.2, 0.25) is 39.3 Å². The fraction of sp³-hybridized carbons (Fsp3) is 0.571. The largest absolute Gasteiger partial charge is 0.424 e. The molecule has 0 saturated carbocycles. The van der Waals surface area contributed by atoms with E-state index in [4.69, 9.17) is 0 Å². The van der Waals surface area contributed by atoms with Crippen molar-refractivity contribution < 1.29 is 0 Å². The Morgan fingerprint density at radius 3 is 1.71 bits per heavy atom. The summed E-state index contributed by atoms with van der Waals surface area (Å²) in [6.45, 7) is 19.2. The van der Waals surface area contributed by atoms with Crippen molar-refractivity contribution in [1.82, 2.24) is 0 Å². The highest BCUT2D eigenvalue weighted by Crippen LogP contribution is 2.32. The third-order valence-electron chi connectivity index (χ3n) is 3.16. The molecule has 0 aliphatic carbocycles. The summed E-state index contributed by atoms with van der Waals surface area (Å²) in [6.07, 6.45) is 0. The van der Waals surface area contributed by atoms with Gasteiger partial charge >= 0.3 is 0 Å². The van der Waals surface area contributed by atoms with Crippen LogP contribution in [0.4, 0.5) is 5.69 Å². The topological polar surface area (TPSA) is 3.24 Å². The Morgan fingerprint density at radius 2 is 1.29 bits per heavy atom. The lowest BCUT2D eigenvalue weighted by Gasteiger charge is -2.46. The second-order valence-corrected chi connectivity index (χ2v) is 16.9. The second-order valence-electron chi connectivity index (χ2n) is 6.90. The molecule has 0 fully saturated rings. The molecule has 0 bridgehead atoms. The highest BCUT2D eigenvalue weighted by atomic mass is 28.4. The second kappa shape index (κ2) is 4.61. The molecule has 0 aliphatic rings. The third kappa shape index (κ3) is 3.22. The molecule has 0 radical (unpaired) electrons. The van der Waals surface area contributed by atoms with E-state index in [-0.39, 0.29) is 0 Å². The lowest BCUT2D eigenvalue weighted by molar-refractivity contribution is 1.27. The average Bonchev–Trinajstić information content (AvgIpc) is 2.08. The maximum atomic E-state index is 2.79. The Kier molecular flexibility index (Phi) is 3.94. The predicted molar refractivity (Wildman–Crippen MR) is 85.1 cm³/mol. The van der Waals surface area contributed by atoms with Gasteiger partial charge in [0, 0.05) is 5.69 Å². The van der Waals surface area contributed by atoms with Gasteiger partial charge in [0.25, 0.3) is 0 Å². The summed E-state index contributed by atoms with van der Waals surface area (Å²) < 4.78 is 2.79. The number of nitrogens with zero attached hydrogens (tertiary/aromatic N) is 1. The minimum atomic E-state index is -1.32. The minimum Gasteiger partial charge on any atom is -0.424 e. The molecule has 17 heavy (non-hydrogen) atoms. The Hall–Kier alpha value is -0.546. The SMILES string of the molecule is Cc1cccc(N([Si](C)(C)C)[Si](C)(C)C)c1C. The highest BCUT2D eigenvalue weighted by molar-refractivity contribution is 6.99. The van der Waals surface area contributed by atoms with Gasteiger partial charge in [-0.3, -0.25) is 0 Å². The van der Waals surface area contributed by atoms with Crippen LogP contribution in [0.5, 0.6) is 0 Å². The van der Waals surface area contributed by atoms with Crippen LogP contribution in [0.25, 0.3) is 0 Å². The molecule has 0 unspecified atom stereocenters. The van der Waals surface area contributed by atoms with Crippen molar-refractivity contribution in [3.8, 4) is 0 Å². The van der Waals surface area contributed by atoms with Crippen molar-refractivity contribution in [2.75, 3.05) is 4.23 Å². The number of anilines is 1. The number of aryl methyl sites for hydroxylation is 1. The van der Waals surface area contributed by atoms with E-state index < -0.39 is 16.5 Å². The summed E-state index contributed by atoms with van der Waals surface area (Å²) in [5.41, 5.74) is 4.34. The van der Waals surface area contributed by atoms with Crippen molar-refractivity contribution in [2.45, 2.75) is 53.1 Å². The molecule has 96 valence electrons. The first-order valence-corrected chi connectivity index (χ1v) is 13.3. The van der Waals surface area contributed by atoms with E-state index in [2.05, 4.69) is 75.6 Å². The fourth-order valence-corrected chi connectivity index (χ4v) is 12.7. The fourth-order valence-electron chi connectivity index (χ4n) is 2.71. The van der Waals surface area contributed by atoms with Gasteiger partial charge in [0.05, 0.1) is 0 Å². The van der Waals surface area contributed by atoms with E-state index in [1.54, 1.807) is 0 Å². The lowest BCUT2D eigenvalue weighted by atomic mass is 10.1. The normalized spacial score (nSPS) is 12.7. The summed E-state index contributed by atoms with van der Waals surface area (Å²) >= 11 is 0. The Bertz CT molecular complexity index is 386. The maximum Gasteiger partial charge on any atom is 0.138 e. The molecular weight excluding hydrogens is 238 g/mol. The summed E-state index contributed by atoms with van der Waals surface area (Å²) in [5, 5.41) is 0. The van der Waals surface area contributed by atoms with Gasteiger partial charge < -0.3 is 4.23 Å². The number of hydrogen-bond donors (Lipinski definition) is 0. The van der Waals surface area contributed by atoms with Crippen molar-refractivity contribution in [3.63, 3.8) is 0 Å². The zero-order valence-corrected chi connectivity index (χ0v) is 14.7. The van der Waals surface area contributed by atoms with Crippen LogP contribution in [0.3, 0.4) is 0 Å². The lowest BCUT2D eigenvalue weighted by Crippen LogP contribution is -2.59. The van der Waals surface area contributed by atoms with E-state index in [9.17, 15) is 0 Å². The number of rotatable bonds is 3. The standard InChI is InChI=1S/C14H27NSi2/c1-12-10-9-11-14(13(12)2)15(16(3,4)5)17(6,7)8/h9-11H,1-8H3. The number of benzene rings is 1. The molecule has 0 atom stereocenters. The van der Waals surface area contributed by atoms with Gasteiger partial charge in [0.2, 0.25) is 0 Å². The molecule has 1 rings (SSSR count). The molecular formula is C14H27NSi2. The van der Waals surface area contributed by atoms with Crippen molar-refractivity contribution >= 4 is 22.2 Å². The summed E-state index contributed by atoms with van der Waals surface area (Å²) in [4.78, 5) is 0. The highest BCUT2D eigenvalue weighted by Gasteiger charge is 2.35. The first-order chi connectivity index (χ1) is 7.55. The summed E-state index contributed by atoms with van der Waals surface area (Å²) in [5.74, 6) is 0. The van der Waals surface area contributed by atoms with Gasteiger partial charge in [-0.25, -0.2) is 0 Å². The van der Waals surface area contributed by atoms with Crippen molar-refractivity contribution in [1.29, 1.82) is 0 Å². The molecule has 1 aromatic carbocycles. The van der Waals surface area contributed by atoms with Crippen LogP contribution in [-0.4, -0.2) is 16.5 Å². The zero-order valence-electron chi connectivity index (χ0n) is 12.7. The van der Waals surface area contributed by atoms with Crippen LogP contribution in [-0.2, 0) is 0 Å². The molecule has 0 amide bonds. The van der Waals surface area contributed by atoms with Crippen molar-refractivity contribution in [2.24, 2.45) is 0 Å². The van der Waals surface area contributed by atoms with Crippen LogP contribution in [0.15, 0.2) is 18.2 Å². The third-order valence-corrected chi connectivity index (χ3v) is 10.3. The van der Waals surface area contributed by atoms with E-state index in [0.717, 1.165) is 0 Å². The Morgan fingerprint density at radius 1 is 0.824 bits per heavy atom. The zero-order chi connectivity index (χ0) is 13.4. The molecule has 0 saturated heterocycles. The van der Waals surface area contributed by atoms with Crippen LogP contribution >= 0.6 is 0 Å². The Balaban J connectivity index is 3.39. The molecule has 1 aromatic rings. The summed E-state index contributed by atoms with van der Waals surface area (Å²) in [7, 11) is -2.64. The molecule has 0 aliphatic heterocycles. The average molecular weight is 266 g/mol. The van der Waals surface area contributed by atoms with Gasteiger partial charge in [0.15, 0.2) is 0 Å². The first kappa shape index (κ1) is 14.5. The number of hydrogen-bond acceptors (Lipinski definition) is 1. The molecule has 3 heteroatoms. The van der Waals surface area contributed by atoms with Gasteiger partial charge in [-0.05, 0) is 31.0 Å². The molecule has 0 N–H and O–H groups in total. The molecule has 0 spiro atoms. The van der Waals surface area contributed by atoms with Gasteiger partial charge in [-0.1, -0.05) is 51.4 Å². The first-order valence-electron chi connectivity index (χ1n) is 6.41. The molecule has 1 nitrogen and oxygen atoms in total. The van der Waals surface area contributed by atoms with Crippen LogP contribution in [0, 0.1) is 13.8 Å². The van der Waals surface area contributed by atoms with Crippen LogP contribution < -0.4 is 4.23 Å². The van der Waals surface area contributed by atoms with Crippen molar-refractivity contribution in [3.05, 3.63) is 29.3 Å². The quantitative estimate of drug-likeness (QED) is 0.711. The molecule has 0 aromatic heterocycles. The van der Waals surface area contributed by atoms with E-state index >= 15 is 0 Å². The smallest absolute Gasteiger partial charge is 0.138 e. The predicted octanol–water partition coefficient (Wildman–Crippen LogP) is 4.78. The Labute approximate surface area is 109 Å². The van der Waals surface area contributed by atoms with Gasteiger partial charge in [0.1, 0.15) is 16.5 Å². The van der Waals surface area contributed by atoms with Gasteiger partial charge in [-0.2, -0.15) is 0 Å². The van der Waals surface area contributed by atoms with E-state index in [0.29, 0.717) is 0 Å². The van der Waals surface area contributed by atoms with Gasteiger partial charge in [-0.15, -0.1) is 0 Å². The minimum absolute atomic E-state index is 1.32. The van der Waals surface area contributed by atoms with E-state index in [1.165, 1.54) is 16.8 Å². The molecule has 0 heterocycles. The van der Waals surface area contributed by atoms with E-state index in [1.807, 2.05) is 0 Å². The summed E-state index contributed by atoms with van der Waals surface area (Å²) in [6, 6.07) is 6.72. The maximum absolute atomic E-state index is 2.79. The van der Waals surface area contributed by atoms with Crippen LogP contribution in [0.1, 0.15) is 11.1 Å².